The normalized spacial score (nSPS) is 16.7. The van der Waals surface area contributed by atoms with Crippen molar-refractivity contribution in [3.63, 3.8) is 0 Å². The summed E-state index contributed by atoms with van der Waals surface area (Å²) in [7, 11) is 0. The highest BCUT2D eigenvalue weighted by Gasteiger charge is 2.35. The molecule has 3 rings (SSSR count). The van der Waals surface area contributed by atoms with Gasteiger partial charge in [-0.1, -0.05) is 0 Å². The van der Waals surface area contributed by atoms with E-state index >= 15 is 0 Å². The molecule has 0 radical (unpaired) electrons. The Labute approximate surface area is 133 Å². The third-order valence-corrected chi connectivity index (χ3v) is 3.95. The van der Waals surface area contributed by atoms with E-state index in [1.165, 1.54) is 0 Å². The molecule has 2 N–H and O–H groups in total. The molecule has 2 heterocycles. The fourth-order valence-corrected chi connectivity index (χ4v) is 2.78. The van der Waals surface area contributed by atoms with Gasteiger partial charge >= 0.3 is 12.4 Å². The van der Waals surface area contributed by atoms with Crippen LogP contribution in [0, 0.1) is 0 Å². The summed E-state index contributed by atoms with van der Waals surface area (Å²) in [6.07, 6.45) is -9.22. The molecule has 1 fully saturated rings. The van der Waals surface area contributed by atoms with Gasteiger partial charge in [-0.3, -0.25) is 0 Å². The van der Waals surface area contributed by atoms with E-state index in [2.05, 4.69) is 4.98 Å². The fraction of sp³-hybridized carbons (Fsp3) is 0.400. The number of nitrogens with zero attached hydrogens (tertiary/aromatic N) is 2. The van der Waals surface area contributed by atoms with E-state index in [4.69, 9.17) is 0 Å². The number of hydrogen-bond acceptors (Lipinski definition) is 2. The zero-order valence-corrected chi connectivity index (χ0v) is 12.4. The van der Waals surface area contributed by atoms with Crippen molar-refractivity contribution in [3.8, 4) is 0 Å². The van der Waals surface area contributed by atoms with Crippen molar-refractivity contribution >= 4 is 16.6 Å². The number of pyridine rings is 1. The van der Waals surface area contributed by atoms with Gasteiger partial charge in [0.1, 0.15) is 5.69 Å². The molecule has 0 aliphatic carbocycles. The van der Waals surface area contributed by atoms with Crippen LogP contribution in [-0.2, 0) is 12.4 Å². The number of quaternary nitrogens is 1. The molecule has 3 nitrogen and oxygen atoms in total. The van der Waals surface area contributed by atoms with E-state index in [0.717, 1.165) is 24.3 Å². The minimum atomic E-state index is -4.66. The summed E-state index contributed by atoms with van der Waals surface area (Å²) in [6.45, 7) is 2.27. The highest BCUT2D eigenvalue weighted by atomic mass is 19.4. The monoisotopic (exact) mass is 350 g/mol. The molecule has 0 amide bonds. The number of fused-ring (bicyclic) bond motifs is 1. The number of aromatic nitrogens is 1. The van der Waals surface area contributed by atoms with Gasteiger partial charge in [-0.2, -0.15) is 26.3 Å². The molecule has 1 saturated heterocycles. The Morgan fingerprint density at radius 2 is 1.58 bits per heavy atom. The lowest BCUT2D eigenvalue weighted by Gasteiger charge is -2.29. The first-order valence-electron chi connectivity index (χ1n) is 7.32. The largest absolute Gasteiger partial charge is 0.433 e. The maximum Gasteiger partial charge on any atom is 0.433 e. The standard InChI is InChI=1S/C15H13F6N3/c16-14(17,18)9-1-2-11-10(7-9)12(24-5-3-22-4-6-24)8-13(23-11)15(19,20)21/h1-2,7-8,22H,3-6H2/p+1. The summed E-state index contributed by atoms with van der Waals surface area (Å²) in [6, 6.07) is 3.46. The van der Waals surface area contributed by atoms with Crippen LogP contribution in [0.25, 0.3) is 10.9 Å². The quantitative estimate of drug-likeness (QED) is 0.802. The van der Waals surface area contributed by atoms with Gasteiger partial charge in [0.25, 0.3) is 0 Å². The zero-order valence-electron chi connectivity index (χ0n) is 12.4. The van der Waals surface area contributed by atoms with Crippen LogP contribution in [-0.4, -0.2) is 31.2 Å². The predicted octanol–water partition coefficient (Wildman–Crippen LogP) is 2.66. The SMILES string of the molecule is FC(F)(F)c1ccc2nc(C(F)(F)F)cc(N3CC[NH2+]CC3)c2c1. The third kappa shape index (κ3) is 3.26. The molecule has 0 saturated carbocycles. The van der Waals surface area contributed by atoms with E-state index in [1.807, 2.05) is 5.32 Å². The molecule has 2 aromatic rings. The number of rotatable bonds is 1. The number of hydrogen-bond donors (Lipinski definition) is 1. The molecule has 1 aromatic carbocycles. The second-order valence-corrected chi connectivity index (χ2v) is 5.61. The minimum Gasteiger partial charge on any atom is -0.360 e. The summed E-state index contributed by atoms with van der Waals surface area (Å²) in [5.74, 6) is 0. The summed E-state index contributed by atoms with van der Waals surface area (Å²) in [5, 5.41) is 2.09. The van der Waals surface area contributed by atoms with Gasteiger partial charge in [-0.05, 0) is 24.3 Å². The molecule has 1 aromatic heterocycles. The van der Waals surface area contributed by atoms with Crippen LogP contribution < -0.4 is 10.2 Å². The molecule has 24 heavy (non-hydrogen) atoms. The average molecular weight is 350 g/mol. The molecule has 0 unspecified atom stereocenters. The van der Waals surface area contributed by atoms with E-state index in [1.54, 1.807) is 4.90 Å². The Hall–Kier alpha value is -2.03. The minimum absolute atomic E-state index is 0.0831. The van der Waals surface area contributed by atoms with E-state index in [0.29, 0.717) is 26.2 Å². The van der Waals surface area contributed by atoms with Crippen molar-refractivity contribution in [1.29, 1.82) is 0 Å². The van der Waals surface area contributed by atoms with Crippen LogP contribution in [0.4, 0.5) is 32.0 Å². The van der Waals surface area contributed by atoms with Gasteiger partial charge in [0.05, 0.1) is 37.3 Å². The number of nitrogens with two attached hydrogens (primary N) is 1. The van der Waals surface area contributed by atoms with Gasteiger partial charge in [0, 0.05) is 11.1 Å². The topological polar surface area (TPSA) is 32.7 Å². The molecule has 130 valence electrons. The second kappa shape index (κ2) is 5.80. The molecule has 0 atom stereocenters. The summed E-state index contributed by atoms with van der Waals surface area (Å²) in [4.78, 5) is 5.18. The highest BCUT2D eigenvalue weighted by molar-refractivity contribution is 5.92. The molecule has 1 aliphatic rings. The van der Waals surface area contributed by atoms with Crippen molar-refractivity contribution in [1.82, 2.24) is 4.98 Å². The van der Waals surface area contributed by atoms with Crippen molar-refractivity contribution in [3.05, 3.63) is 35.5 Å². The first-order valence-corrected chi connectivity index (χ1v) is 7.32. The maximum absolute atomic E-state index is 13.1. The van der Waals surface area contributed by atoms with Crippen molar-refractivity contribution in [2.45, 2.75) is 12.4 Å². The van der Waals surface area contributed by atoms with Gasteiger partial charge in [-0.15, -0.1) is 0 Å². The number of alkyl halides is 6. The van der Waals surface area contributed by atoms with Crippen LogP contribution in [0.1, 0.15) is 11.3 Å². The van der Waals surface area contributed by atoms with Gasteiger partial charge < -0.3 is 10.2 Å². The maximum atomic E-state index is 13.1. The van der Waals surface area contributed by atoms with Crippen molar-refractivity contribution < 1.29 is 31.7 Å². The van der Waals surface area contributed by atoms with E-state index < -0.39 is 23.6 Å². The smallest absolute Gasteiger partial charge is 0.360 e. The Morgan fingerprint density at radius 1 is 0.917 bits per heavy atom. The van der Waals surface area contributed by atoms with E-state index in [-0.39, 0.29) is 16.6 Å². The lowest BCUT2D eigenvalue weighted by molar-refractivity contribution is -0.655. The van der Waals surface area contributed by atoms with Crippen molar-refractivity contribution in [2.75, 3.05) is 31.1 Å². The highest BCUT2D eigenvalue weighted by Crippen LogP contribution is 2.37. The molecule has 9 heteroatoms. The van der Waals surface area contributed by atoms with Crippen LogP contribution in [0.3, 0.4) is 0 Å². The molecule has 0 bridgehead atoms. The Bertz CT molecular complexity index is 747. The average Bonchev–Trinajstić information content (AvgIpc) is 2.52. The van der Waals surface area contributed by atoms with Gasteiger partial charge in [0.15, 0.2) is 0 Å². The van der Waals surface area contributed by atoms with Crippen LogP contribution in [0.2, 0.25) is 0 Å². The van der Waals surface area contributed by atoms with Crippen LogP contribution >= 0.6 is 0 Å². The molecule has 1 aliphatic heterocycles. The number of anilines is 1. The molecule has 0 spiro atoms. The Balaban J connectivity index is 2.22. The third-order valence-electron chi connectivity index (χ3n) is 3.95. The van der Waals surface area contributed by atoms with Gasteiger partial charge in [-0.25, -0.2) is 4.98 Å². The zero-order chi connectivity index (χ0) is 17.5. The summed E-state index contributed by atoms with van der Waals surface area (Å²) < 4.78 is 78.0. The number of piperazine rings is 1. The number of halogens is 6. The lowest BCUT2D eigenvalue weighted by Crippen LogP contribution is -2.89. The first-order chi connectivity index (χ1) is 11.2. The van der Waals surface area contributed by atoms with Crippen molar-refractivity contribution in [2.24, 2.45) is 0 Å². The molecular weight excluding hydrogens is 336 g/mol. The Kier molecular flexibility index (Phi) is 4.06. The lowest BCUT2D eigenvalue weighted by atomic mass is 10.1. The van der Waals surface area contributed by atoms with E-state index in [9.17, 15) is 26.3 Å². The summed E-state index contributed by atoms with van der Waals surface area (Å²) in [5.41, 5.74) is -1.95. The Morgan fingerprint density at radius 3 is 2.17 bits per heavy atom. The summed E-state index contributed by atoms with van der Waals surface area (Å²) >= 11 is 0. The molecular formula is C15H14F6N3+. The number of benzene rings is 1. The van der Waals surface area contributed by atoms with Crippen LogP contribution in [0.15, 0.2) is 24.3 Å². The second-order valence-electron chi connectivity index (χ2n) is 5.61. The van der Waals surface area contributed by atoms with Crippen LogP contribution in [0.5, 0.6) is 0 Å². The fourth-order valence-electron chi connectivity index (χ4n) is 2.78. The van der Waals surface area contributed by atoms with Gasteiger partial charge in [0.2, 0.25) is 0 Å². The predicted molar refractivity (Wildman–Crippen MR) is 75.6 cm³/mol. The first kappa shape index (κ1) is 16.8.